The highest BCUT2D eigenvalue weighted by Crippen LogP contribution is 2.37. The minimum absolute atomic E-state index is 0.0384. The van der Waals surface area contributed by atoms with E-state index in [0.29, 0.717) is 24.0 Å². The molecule has 5 heteroatoms. The topological polar surface area (TPSA) is 66.4 Å². The van der Waals surface area contributed by atoms with Crippen LogP contribution in [-0.2, 0) is 9.59 Å². The highest BCUT2D eigenvalue weighted by atomic mass is 32.2. The van der Waals surface area contributed by atoms with Crippen LogP contribution in [-0.4, -0.2) is 34.5 Å². The molecule has 0 aliphatic heterocycles. The van der Waals surface area contributed by atoms with E-state index >= 15 is 0 Å². The van der Waals surface area contributed by atoms with Gasteiger partial charge in [0.15, 0.2) is 0 Å². The Morgan fingerprint density at radius 1 is 1.16 bits per heavy atom. The Kier molecular flexibility index (Phi) is 4.76. The van der Waals surface area contributed by atoms with Gasteiger partial charge >= 0.3 is 5.97 Å². The maximum atomic E-state index is 12.3. The molecule has 2 aliphatic carbocycles. The van der Waals surface area contributed by atoms with E-state index in [2.05, 4.69) is 11.6 Å². The van der Waals surface area contributed by atoms with Crippen LogP contribution in [0.2, 0.25) is 0 Å². The number of carboxylic acid groups (broad SMARTS) is 1. The summed E-state index contributed by atoms with van der Waals surface area (Å²) < 4.78 is 0. The summed E-state index contributed by atoms with van der Waals surface area (Å²) in [5.74, 6) is -1.35. The molecule has 2 rings (SSSR count). The normalized spacial score (nSPS) is 38.3. The molecule has 0 saturated heterocycles. The Morgan fingerprint density at radius 3 is 2.42 bits per heavy atom. The van der Waals surface area contributed by atoms with Crippen molar-refractivity contribution in [3.8, 4) is 0 Å². The summed E-state index contributed by atoms with van der Waals surface area (Å²) in [6, 6.07) is 0.246. The molecule has 2 saturated carbocycles. The van der Waals surface area contributed by atoms with Crippen molar-refractivity contribution in [3.05, 3.63) is 0 Å². The first kappa shape index (κ1) is 14.7. The predicted octanol–water partition coefficient (Wildman–Crippen LogP) is 2.13. The lowest BCUT2D eigenvalue weighted by Gasteiger charge is -2.19. The van der Waals surface area contributed by atoms with Crippen molar-refractivity contribution >= 4 is 23.6 Å². The van der Waals surface area contributed by atoms with E-state index in [1.807, 2.05) is 18.7 Å². The van der Waals surface area contributed by atoms with Gasteiger partial charge in [-0.25, -0.2) is 0 Å². The third kappa shape index (κ3) is 3.44. The summed E-state index contributed by atoms with van der Waals surface area (Å²) in [7, 11) is 0. The Morgan fingerprint density at radius 2 is 1.84 bits per heavy atom. The van der Waals surface area contributed by atoms with Crippen molar-refractivity contribution < 1.29 is 14.7 Å². The van der Waals surface area contributed by atoms with Gasteiger partial charge in [0.05, 0.1) is 11.8 Å². The SMILES string of the molecule is CSC1CCC(NC(=O)C2CC(C)CC2C(=O)O)C1. The molecule has 1 amide bonds. The van der Waals surface area contributed by atoms with Gasteiger partial charge in [-0.3, -0.25) is 9.59 Å². The van der Waals surface area contributed by atoms with Crippen LogP contribution >= 0.6 is 11.8 Å². The molecule has 0 spiro atoms. The van der Waals surface area contributed by atoms with Gasteiger partial charge in [-0.1, -0.05) is 6.92 Å². The molecule has 108 valence electrons. The van der Waals surface area contributed by atoms with Gasteiger partial charge in [0.1, 0.15) is 0 Å². The Labute approximate surface area is 118 Å². The average Bonchev–Trinajstić information content (AvgIpc) is 2.95. The van der Waals surface area contributed by atoms with E-state index in [4.69, 9.17) is 0 Å². The number of aliphatic carboxylic acids is 1. The Hall–Kier alpha value is -0.710. The van der Waals surface area contributed by atoms with Crippen LogP contribution in [0.5, 0.6) is 0 Å². The summed E-state index contributed by atoms with van der Waals surface area (Å²) in [5.41, 5.74) is 0. The minimum Gasteiger partial charge on any atom is -0.481 e. The van der Waals surface area contributed by atoms with Gasteiger partial charge in [-0.2, -0.15) is 11.8 Å². The summed E-state index contributed by atoms with van der Waals surface area (Å²) in [6.07, 6.45) is 6.64. The fraction of sp³-hybridized carbons (Fsp3) is 0.857. The monoisotopic (exact) mass is 285 g/mol. The van der Waals surface area contributed by atoms with E-state index < -0.39 is 11.9 Å². The van der Waals surface area contributed by atoms with Gasteiger partial charge in [0.25, 0.3) is 0 Å². The van der Waals surface area contributed by atoms with E-state index in [9.17, 15) is 14.7 Å². The number of carboxylic acids is 1. The van der Waals surface area contributed by atoms with Crippen molar-refractivity contribution in [2.24, 2.45) is 17.8 Å². The maximum Gasteiger partial charge on any atom is 0.307 e. The van der Waals surface area contributed by atoms with Crippen molar-refractivity contribution in [2.45, 2.75) is 50.3 Å². The Bertz CT molecular complexity index is 361. The molecular formula is C14H23NO3S. The van der Waals surface area contributed by atoms with E-state index in [0.717, 1.165) is 19.3 Å². The predicted molar refractivity (Wildman–Crippen MR) is 76.1 cm³/mol. The summed E-state index contributed by atoms with van der Waals surface area (Å²) in [6.45, 7) is 2.03. The summed E-state index contributed by atoms with van der Waals surface area (Å²) >= 11 is 1.86. The second-order valence-corrected chi connectivity index (χ2v) is 7.14. The number of thioether (sulfide) groups is 1. The molecule has 2 aliphatic rings. The van der Waals surface area contributed by atoms with Crippen molar-refractivity contribution in [1.82, 2.24) is 5.32 Å². The molecule has 5 atom stereocenters. The molecule has 0 aromatic heterocycles. The molecule has 0 aromatic rings. The number of carbonyl (C=O) groups is 2. The molecule has 4 nitrogen and oxygen atoms in total. The molecule has 5 unspecified atom stereocenters. The minimum atomic E-state index is -0.821. The summed E-state index contributed by atoms with van der Waals surface area (Å²) in [5, 5.41) is 12.9. The first-order valence-electron chi connectivity index (χ1n) is 7.07. The number of nitrogens with one attached hydrogen (secondary N) is 1. The second kappa shape index (κ2) is 6.16. The molecule has 19 heavy (non-hydrogen) atoms. The van der Waals surface area contributed by atoms with Gasteiger partial charge in [0, 0.05) is 11.3 Å². The largest absolute Gasteiger partial charge is 0.481 e. The zero-order valence-electron chi connectivity index (χ0n) is 11.6. The van der Waals surface area contributed by atoms with E-state index in [-0.39, 0.29) is 17.9 Å². The lowest BCUT2D eigenvalue weighted by molar-refractivity contribution is -0.146. The van der Waals surface area contributed by atoms with Crippen LogP contribution in [0.25, 0.3) is 0 Å². The highest BCUT2D eigenvalue weighted by molar-refractivity contribution is 7.99. The molecule has 2 N–H and O–H groups in total. The molecule has 0 heterocycles. The third-order valence-electron chi connectivity index (χ3n) is 4.52. The second-order valence-electron chi connectivity index (χ2n) is 6.00. The van der Waals surface area contributed by atoms with Gasteiger partial charge in [-0.15, -0.1) is 0 Å². The average molecular weight is 285 g/mol. The Balaban J connectivity index is 1.90. The zero-order chi connectivity index (χ0) is 14.0. The number of rotatable bonds is 4. The smallest absolute Gasteiger partial charge is 0.307 e. The van der Waals surface area contributed by atoms with Crippen LogP contribution < -0.4 is 5.32 Å². The lowest BCUT2D eigenvalue weighted by atomic mass is 9.95. The maximum absolute atomic E-state index is 12.3. The van der Waals surface area contributed by atoms with Crippen LogP contribution in [0.4, 0.5) is 0 Å². The zero-order valence-corrected chi connectivity index (χ0v) is 12.4. The van der Waals surface area contributed by atoms with Crippen LogP contribution in [0.1, 0.15) is 39.0 Å². The van der Waals surface area contributed by atoms with Gasteiger partial charge in [-0.05, 0) is 44.3 Å². The van der Waals surface area contributed by atoms with Crippen LogP contribution in [0, 0.1) is 17.8 Å². The number of hydrogen-bond acceptors (Lipinski definition) is 3. The van der Waals surface area contributed by atoms with Gasteiger partial charge < -0.3 is 10.4 Å². The fourth-order valence-electron chi connectivity index (χ4n) is 3.45. The molecule has 0 aromatic carbocycles. The standard InChI is InChI=1S/C14H23NO3S/c1-8-5-11(12(6-8)14(17)18)13(16)15-9-3-4-10(7-9)19-2/h8-12H,3-7H2,1-2H3,(H,15,16)(H,17,18). The van der Waals surface area contributed by atoms with Crippen molar-refractivity contribution in [3.63, 3.8) is 0 Å². The fourth-order valence-corrected chi connectivity index (χ4v) is 4.24. The number of hydrogen-bond donors (Lipinski definition) is 2. The molecule has 0 bridgehead atoms. The van der Waals surface area contributed by atoms with Gasteiger partial charge in [0.2, 0.25) is 5.91 Å². The van der Waals surface area contributed by atoms with E-state index in [1.165, 1.54) is 0 Å². The highest BCUT2D eigenvalue weighted by Gasteiger charge is 2.42. The first-order chi connectivity index (χ1) is 9.01. The quantitative estimate of drug-likeness (QED) is 0.830. The number of carbonyl (C=O) groups excluding carboxylic acids is 1. The third-order valence-corrected chi connectivity index (χ3v) is 5.61. The van der Waals surface area contributed by atoms with Crippen molar-refractivity contribution in [1.29, 1.82) is 0 Å². The molecule has 0 radical (unpaired) electrons. The first-order valence-corrected chi connectivity index (χ1v) is 8.36. The van der Waals surface area contributed by atoms with Crippen molar-refractivity contribution in [2.75, 3.05) is 6.26 Å². The lowest BCUT2D eigenvalue weighted by Crippen LogP contribution is -2.40. The van der Waals surface area contributed by atoms with Crippen LogP contribution in [0.3, 0.4) is 0 Å². The molecular weight excluding hydrogens is 262 g/mol. The molecule has 2 fully saturated rings. The number of amides is 1. The summed E-state index contributed by atoms with van der Waals surface area (Å²) in [4.78, 5) is 23.5. The van der Waals surface area contributed by atoms with Crippen LogP contribution in [0.15, 0.2) is 0 Å². The van der Waals surface area contributed by atoms with E-state index in [1.54, 1.807) is 0 Å².